The van der Waals surface area contributed by atoms with Crippen molar-refractivity contribution in [1.29, 1.82) is 0 Å². The molecule has 1 unspecified atom stereocenters. The van der Waals surface area contributed by atoms with Gasteiger partial charge in [-0.2, -0.15) is 5.10 Å². The summed E-state index contributed by atoms with van der Waals surface area (Å²) < 4.78 is 1.96. The minimum absolute atomic E-state index is 0.301. The van der Waals surface area contributed by atoms with Crippen molar-refractivity contribution in [3.05, 3.63) is 24.0 Å². The van der Waals surface area contributed by atoms with Crippen LogP contribution in [0.3, 0.4) is 0 Å². The Balaban J connectivity index is 1.75. The molecule has 1 atom stereocenters. The van der Waals surface area contributed by atoms with Crippen molar-refractivity contribution in [3.8, 4) is 0 Å². The van der Waals surface area contributed by atoms with Crippen LogP contribution >= 0.6 is 0 Å². The number of hydrogen-bond donors (Lipinski definition) is 1. The van der Waals surface area contributed by atoms with E-state index in [0.717, 1.165) is 37.1 Å². The van der Waals surface area contributed by atoms with Gasteiger partial charge in [-0.3, -0.25) is 4.90 Å². The Kier molecular flexibility index (Phi) is 4.22. The molecule has 1 N–H and O–H groups in total. The lowest BCUT2D eigenvalue weighted by Crippen LogP contribution is -2.36. The average Bonchev–Trinajstić information content (AvgIpc) is 2.90. The first-order chi connectivity index (χ1) is 10.2. The van der Waals surface area contributed by atoms with Gasteiger partial charge in [-0.25, -0.2) is 9.67 Å². The Morgan fingerprint density at radius 3 is 3.00 bits per heavy atom. The SMILES string of the molecule is CC(C)n1ncc2cc(CN3CCCC(CO)C3)cnc21. The zero-order valence-electron chi connectivity index (χ0n) is 12.9. The molecule has 21 heavy (non-hydrogen) atoms. The molecule has 1 aliphatic rings. The van der Waals surface area contributed by atoms with Crippen molar-refractivity contribution >= 4 is 11.0 Å². The van der Waals surface area contributed by atoms with Gasteiger partial charge in [0.05, 0.1) is 6.20 Å². The van der Waals surface area contributed by atoms with E-state index in [0.29, 0.717) is 18.6 Å². The molecule has 3 heterocycles. The van der Waals surface area contributed by atoms with Crippen LogP contribution in [0, 0.1) is 5.92 Å². The van der Waals surface area contributed by atoms with E-state index in [-0.39, 0.29) is 0 Å². The molecule has 0 bridgehead atoms. The highest BCUT2D eigenvalue weighted by Crippen LogP contribution is 2.20. The normalized spacial score (nSPS) is 20.5. The smallest absolute Gasteiger partial charge is 0.157 e. The molecule has 0 saturated carbocycles. The molecule has 1 fully saturated rings. The second-order valence-electron chi connectivity index (χ2n) is 6.37. The van der Waals surface area contributed by atoms with Gasteiger partial charge >= 0.3 is 0 Å². The van der Waals surface area contributed by atoms with Gasteiger partial charge in [0, 0.05) is 37.3 Å². The summed E-state index contributed by atoms with van der Waals surface area (Å²) in [6.45, 7) is 7.54. The average molecular weight is 288 g/mol. The lowest BCUT2D eigenvalue weighted by Gasteiger charge is -2.31. The van der Waals surface area contributed by atoms with E-state index in [9.17, 15) is 5.11 Å². The lowest BCUT2D eigenvalue weighted by molar-refractivity contribution is 0.116. The van der Waals surface area contributed by atoms with E-state index in [4.69, 9.17) is 0 Å². The zero-order valence-corrected chi connectivity index (χ0v) is 12.9. The van der Waals surface area contributed by atoms with E-state index in [1.54, 1.807) is 0 Å². The summed E-state index contributed by atoms with van der Waals surface area (Å²) in [6, 6.07) is 2.52. The van der Waals surface area contributed by atoms with Gasteiger partial charge in [0.2, 0.25) is 0 Å². The van der Waals surface area contributed by atoms with Crippen LogP contribution in [0.25, 0.3) is 11.0 Å². The van der Waals surface area contributed by atoms with Gasteiger partial charge < -0.3 is 5.11 Å². The molecular formula is C16H24N4O. The third-order valence-corrected chi connectivity index (χ3v) is 4.25. The minimum atomic E-state index is 0.301. The zero-order chi connectivity index (χ0) is 14.8. The molecule has 0 amide bonds. The largest absolute Gasteiger partial charge is 0.396 e. The standard InChI is InChI=1S/C16H24N4O/c1-12(2)20-16-15(8-18-20)6-14(7-17-16)10-19-5-3-4-13(9-19)11-21/h6-8,12-13,21H,3-5,9-11H2,1-2H3. The number of likely N-dealkylation sites (tertiary alicyclic amines) is 1. The van der Waals surface area contributed by atoms with Gasteiger partial charge in [0.15, 0.2) is 5.65 Å². The fraction of sp³-hybridized carbons (Fsp3) is 0.625. The molecule has 2 aromatic heterocycles. The van der Waals surface area contributed by atoms with Gasteiger partial charge in [0.1, 0.15) is 0 Å². The van der Waals surface area contributed by atoms with Crippen LogP contribution in [0.15, 0.2) is 18.5 Å². The first kappa shape index (κ1) is 14.5. The number of aliphatic hydroxyl groups is 1. The molecular weight excluding hydrogens is 264 g/mol. The topological polar surface area (TPSA) is 54.2 Å². The summed E-state index contributed by atoms with van der Waals surface area (Å²) >= 11 is 0. The van der Waals surface area contributed by atoms with Crippen molar-refractivity contribution in [2.45, 2.75) is 39.3 Å². The fourth-order valence-electron chi connectivity index (χ4n) is 3.15. The van der Waals surface area contributed by atoms with Crippen LogP contribution in [0.5, 0.6) is 0 Å². The summed E-state index contributed by atoms with van der Waals surface area (Å²) in [6.07, 6.45) is 6.18. The third kappa shape index (κ3) is 3.09. The van der Waals surface area contributed by atoms with Crippen molar-refractivity contribution in [1.82, 2.24) is 19.7 Å². The molecule has 0 aliphatic carbocycles. The third-order valence-electron chi connectivity index (χ3n) is 4.25. The van der Waals surface area contributed by atoms with Crippen LogP contribution in [0.2, 0.25) is 0 Å². The first-order valence-electron chi connectivity index (χ1n) is 7.82. The maximum absolute atomic E-state index is 9.32. The number of rotatable bonds is 4. The number of fused-ring (bicyclic) bond motifs is 1. The van der Waals surface area contributed by atoms with E-state index < -0.39 is 0 Å². The number of nitrogens with zero attached hydrogens (tertiary/aromatic N) is 4. The highest BCUT2D eigenvalue weighted by atomic mass is 16.3. The monoisotopic (exact) mass is 288 g/mol. The maximum Gasteiger partial charge on any atom is 0.157 e. The highest BCUT2D eigenvalue weighted by molar-refractivity contribution is 5.75. The van der Waals surface area contributed by atoms with Gasteiger partial charge in [0.25, 0.3) is 0 Å². The summed E-state index contributed by atoms with van der Waals surface area (Å²) in [5, 5.41) is 14.8. The summed E-state index contributed by atoms with van der Waals surface area (Å²) in [7, 11) is 0. The number of aliphatic hydroxyl groups excluding tert-OH is 1. The van der Waals surface area contributed by atoms with Gasteiger partial charge in [-0.05, 0) is 50.8 Å². The minimum Gasteiger partial charge on any atom is -0.396 e. The number of aromatic nitrogens is 3. The van der Waals surface area contributed by atoms with E-state index >= 15 is 0 Å². The Labute approximate surface area is 125 Å². The first-order valence-corrected chi connectivity index (χ1v) is 7.82. The Morgan fingerprint density at radius 2 is 2.24 bits per heavy atom. The second-order valence-corrected chi connectivity index (χ2v) is 6.37. The van der Waals surface area contributed by atoms with Gasteiger partial charge in [-0.1, -0.05) is 0 Å². The van der Waals surface area contributed by atoms with Gasteiger partial charge in [-0.15, -0.1) is 0 Å². The van der Waals surface area contributed by atoms with Crippen molar-refractivity contribution in [3.63, 3.8) is 0 Å². The predicted molar refractivity (Wildman–Crippen MR) is 83.0 cm³/mol. The Bertz CT molecular complexity index is 607. The number of hydrogen-bond acceptors (Lipinski definition) is 4. The molecule has 1 aliphatic heterocycles. The quantitative estimate of drug-likeness (QED) is 0.937. The summed E-state index contributed by atoms with van der Waals surface area (Å²) in [5.41, 5.74) is 2.19. The van der Waals surface area contributed by atoms with Crippen LogP contribution in [-0.4, -0.2) is 44.5 Å². The van der Waals surface area contributed by atoms with Crippen LogP contribution < -0.4 is 0 Å². The molecule has 2 aromatic rings. The lowest BCUT2D eigenvalue weighted by atomic mass is 9.99. The Hall–Kier alpha value is -1.46. The molecule has 1 saturated heterocycles. The fourth-order valence-corrected chi connectivity index (χ4v) is 3.15. The second kappa shape index (κ2) is 6.12. The number of piperidine rings is 1. The Morgan fingerprint density at radius 1 is 1.38 bits per heavy atom. The molecule has 5 nitrogen and oxygen atoms in total. The molecule has 3 rings (SSSR count). The van der Waals surface area contributed by atoms with E-state index in [1.165, 1.54) is 12.0 Å². The highest BCUT2D eigenvalue weighted by Gasteiger charge is 2.19. The summed E-state index contributed by atoms with van der Waals surface area (Å²) in [5.74, 6) is 0.430. The predicted octanol–water partition coefficient (Wildman–Crippen LogP) is 2.22. The number of pyridine rings is 1. The molecule has 0 radical (unpaired) electrons. The van der Waals surface area contributed by atoms with Crippen molar-refractivity contribution < 1.29 is 5.11 Å². The summed E-state index contributed by atoms with van der Waals surface area (Å²) in [4.78, 5) is 7.01. The van der Waals surface area contributed by atoms with Crippen LogP contribution in [0.4, 0.5) is 0 Å². The molecule has 114 valence electrons. The van der Waals surface area contributed by atoms with Crippen LogP contribution in [0.1, 0.15) is 38.3 Å². The maximum atomic E-state index is 9.32. The van der Waals surface area contributed by atoms with E-state index in [2.05, 4.69) is 34.9 Å². The van der Waals surface area contributed by atoms with Crippen molar-refractivity contribution in [2.24, 2.45) is 5.92 Å². The van der Waals surface area contributed by atoms with Crippen molar-refractivity contribution in [2.75, 3.05) is 19.7 Å². The van der Waals surface area contributed by atoms with Crippen LogP contribution in [-0.2, 0) is 6.54 Å². The molecule has 0 spiro atoms. The molecule has 0 aromatic carbocycles. The molecule has 5 heteroatoms. The van der Waals surface area contributed by atoms with E-state index in [1.807, 2.05) is 17.1 Å².